The number of aliphatic hydroxyl groups excluding tert-OH is 5. The maximum absolute atomic E-state index is 11.3. The number of carbonyl (C=O) groups is 1. The molecule has 7 nitrogen and oxygen atoms in total. The minimum absolute atomic E-state index is 0.153. The summed E-state index contributed by atoms with van der Waals surface area (Å²) < 4.78 is 0. The van der Waals surface area contributed by atoms with Crippen LogP contribution in [-0.2, 0) is 4.79 Å². The Morgan fingerprint density at radius 1 is 1.19 bits per heavy atom. The van der Waals surface area contributed by atoms with Gasteiger partial charge in [-0.1, -0.05) is 0 Å². The summed E-state index contributed by atoms with van der Waals surface area (Å²) in [6.07, 6.45) is -7.25. The van der Waals surface area contributed by atoms with Crippen molar-refractivity contribution in [3.05, 3.63) is 0 Å². The van der Waals surface area contributed by atoms with Crippen molar-refractivity contribution in [2.75, 3.05) is 6.61 Å². The summed E-state index contributed by atoms with van der Waals surface area (Å²) in [6.45, 7) is 0.766. The van der Waals surface area contributed by atoms with Crippen molar-refractivity contribution >= 4 is 5.78 Å². The molecular weight excluding hydrogens is 218 g/mol. The number of hydrogen-bond donors (Lipinski definition) is 6. The zero-order chi connectivity index (χ0) is 12.9. The Bertz CT molecular complexity index is 222. The summed E-state index contributed by atoms with van der Waals surface area (Å²) in [4.78, 5) is 11.3. The van der Waals surface area contributed by atoms with Gasteiger partial charge in [0.25, 0.3) is 0 Å². The molecule has 7 heteroatoms. The first-order valence-corrected chi connectivity index (χ1v) is 4.92. The quantitative estimate of drug-likeness (QED) is 0.272. The smallest absolute Gasteiger partial charge is 0.165 e. The molecule has 0 heterocycles. The molecule has 0 bridgehead atoms. The molecule has 0 aromatic carbocycles. The molecule has 0 radical (unpaired) electrons. The molecule has 0 amide bonds. The van der Waals surface area contributed by atoms with E-state index in [-0.39, 0.29) is 6.42 Å². The van der Waals surface area contributed by atoms with Gasteiger partial charge in [-0.05, 0) is 6.92 Å². The van der Waals surface area contributed by atoms with Crippen LogP contribution in [0.1, 0.15) is 13.3 Å². The van der Waals surface area contributed by atoms with Crippen LogP contribution in [0.4, 0.5) is 0 Å². The van der Waals surface area contributed by atoms with Gasteiger partial charge >= 0.3 is 0 Å². The Morgan fingerprint density at radius 3 is 2.06 bits per heavy atom. The van der Waals surface area contributed by atoms with Crippen LogP contribution in [0.25, 0.3) is 0 Å². The molecule has 0 rings (SSSR count). The van der Waals surface area contributed by atoms with E-state index in [1.54, 1.807) is 6.92 Å². The van der Waals surface area contributed by atoms with E-state index in [9.17, 15) is 20.1 Å². The predicted octanol–water partition coefficient (Wildman–Crippen LogP) is -3.27. The van der Waals surface area contributed by atoms with Gasteiger partial charge in [-0.25, -0.2) is 0 Å². The summed E-state index contributed by atoms with van der Waals surface area (Å²) in [5.74, 6) is -0.730. The topological polar surface area (TPSA) is 144 Å². The lowest BCUT2D eigenvalue weighted by Crippen LogP contribution is -2.49. The normalized spacial score (nSPS) is 20.9. The Kier molecular flexibility index (Phi) is 6.65. The van der Waals surface area contributed by atoms with E-state index in [2.05, 4.69) is 0 Å². The summed E-state index contributed by atoms with van der Waals surface area (Å²) in [7, 11) is 0. The second-order valence-corrected chi connectivity index (χ2v) is 3.82. The average Bonchev–Trinajstić information content (AvgIpc) is 2.23. The Hall–Kier alpha value is -0.570. The maximum atomic E-state index is 11.3. The third-order valence-corrected chi connectivity index (χ3v) is 2.11. The number of Topliss-reactive ketones (excluding diaryl/α,β-unsaturated/α-hetero) is 1. The molecule has 1 unspecified atom stereocenters. The SMILES string of the molecule is CC(N)CC(=O)[C@H](O)[C@@H](O)[C@H](O)[C@H](O)CO. The molecule has 0 aromatic heterocycles. The first kappa shape index (κ1) is 15.4. The van der Waals surface area contributed by atoms with E-state index in [0.717, 1.165) is 0 Å². The summed E-state index contributed by atoms with van der Waals surface area (Å²) in [5.41, 5.74) is 5.33. The van der Waals surface area contributed by atoms with Crippen molar-refractivity contribution in [3.8, 4) is 0 Å². The highest BCUT2D eigenvalue weighted by Gasteiger charge is 2.33. The molecule has 0 saturated carbocycles. The van der Waals surface area contributed by atoms with Gasteiger partial charge in [0.2, 0.25) is 0 Å². The van der Waals surface area contributed by atoms with E-state index in [1.165, 1.54) is 0 Å². The van der Waals surface area contributed by atoms with Gasteiger partial charge < -0.3 is 31.3 Å². The molecule has 5 atom stereocenters. The second-order valence-electron chi connectivity index (χ2n) is 3.82. The lowest BCUT2D eigenvalue weighted by atomic mass is 9.97. The lowest BCUT2D eigenvalue weighted by Gasteiger charge is -2.25. The molecule has 0 aliphatic carbocycles. The molecule has 0 fully saturated rings. The highest BCUT2D eigenvalue weighted by Crippen LogP contribution is 2.08. The van der Waals surface area contributed by atoms with Crippen molar-refractivity contribution in [1.82, 2.24) is 0 Å². The largest absolute Gasteiger partial charge is 0.394 e. The number of nitrogens with two attached hydrogens (primary N) is 1. The molecular formula is C9H19NO6. The zero-order valence-corrected chi connectivity index (χ0v) is 9.02. The number of aliphatic hydroxyl groups is 5. The van der Waals surface area contributed by atoms with Crippen molar-refractivity contribution in [3.63, 3.8) is 0 Å². The van der Waals surface area contributed by atoms with Gasteiger partial charge in [-0.3, -0.25) is 4.79 Å². The van der Waals surface area contributed by atoms with Crippen LogP contribution in [0.2, 0.25) is 0 Å². The van der Waals surface area contributed by atoms with E-state index in [1.807, 2.05) is 0 Å². The standard InChI is InChI=1S/C9H19NO6/c1-4(10)2-5(12)7(14)9(16)8(15)6(13)3-11/h4,6-9,11,13-16H,2-3,10H2,1H3/t4?,6-,7+,8-,9-/m1/s1. The predicted molar refractivity (Wildman–Crippen MR) is 54.4 cm³/mol. The van der Waals surface area contributed by atoms with E-state index in [4.69, 9.17) is 15.9 Å². The number of carbonyl (C=O) groups excluding carboxylic acids is 1. The fraction of sp³-hybridized carbons (Fsp3) is 0.889. The Morgan fingerprint density at radius 2 is 1.69 bits per heavy atom. The van der Waals surface area contributed by atoms with Gasteiger partial charge in [0.05, 0.1) is 6.61 Å². The van der Waals surface area contributed by atoms with Crippen LogP contribution in [0, 0.1) is 0 Å². The molecule has 0 saturated heterocycles. The molecule has 0 aliphatic heterocycles. The van der Waals surface area contributed by atoms with Crippen molar-refractivity contribution < 1.29 is 30.3 Å². The molecule has 0 aliphatic rings. The first-order valence-electron chi connectivity index (χ1n) is 4.92. The fourth-order valence-electron chi connectivity index (χ4n) is 1.15. The van der Waals surface area contributed by atoms with Crippen molar-refractivity contribution in [2.24, 2.45) is 5.73 Å². The first-order chi connectivity index (χ1) is 7.31. The van der Waals surface area contributed by atoms with Gasteiger partial charge in [0, 0.05) is 12.5 Å². The van der Waals surface area contributed by atoms with Crippen LogP contribution in [0.3, 0.4) is 0 Å². The van der Waals surface area contributed by atoms with Gasteiger partial charge in [0.1, 0.15) is 24.4 Å². The monoisotopic (exact) mass is 237 g/mol. The van der Waals surface area contributed by atoms with Gasteiger partial charge in [-0.2, -0.15) is 0 Å². The number of hydrogen-bond acceptors (Lipinski definition) is 7. The number of ketones is 1. The second kappa shape index (κ2) is 6.89. The van der Waals surface area contributed by atoms with E-state index < -0.39 is 42.8 Å². The van der Waals surface area contributed by atoms with Crippen molar-refractivity contribution in [1.29, 1.82) is 0 Å². The third-order valence-electron chi connectivity index (χ3n) is 2.11. The summed E-state index contributed by atoms with van der Waals surface area (Å²) >= 11 is 0. The molecule has 16 heavy (non-hydrogen) atoms. The fourth-order valence-corrected chi connectivity index (χ4v) is 1.15. The van der Waals surface area contributed by atoms with Gasteiger partial charge in [0.15, 0.2) is 5.78 Å². The summed E-state index contributed by atoms with van der Waals surface area (Å²) in [5, 5.41) is 45.4. The van der Waals surface area contributed by atoms with Gasteiger partial charge in [-0.15, -0.1) is 0 Å². The minimum atomic E-state index is -1.85. The summed E-state index contributed by atoms with van der Waals surface area (Å²) in [6, 6.07) is -0.478. The number of rotatable bonds is 7. The zero-order valence-electron chi connectivity index (χ0n) is 9.02. The third kappa shape index (κ3) is 4.52. The highest BCUT2D eigenvalue weighted by atomic mass is 16.4. The van der Waals surface area contributed by atoms with Crippen LogP contribution in [-0.4, -0.2) is 68.4 Å². The lowest BCUT2D eigenvalue weighted by molar-refractivity contribution is -0.147. The van der Waals surface area contributed by atoms with Crippen LogP contribution >= 0.6 is 0 Å². The van der Waals surface area contributed by atoms with Crippen LogP contribution in [0.5, 0.6) is 0 Å². The van der Waals surface area contributed by atoms with E-state index >= 15 is 0 Å². The molecule has 0 aromatic rings. The Labute approximate surface area is 93.1 Å². The highest BCUT2D eigenvalue weighted by molar-refractivity contribution is 5.84. The maximum Gasteiger partial charge on any atom is 0.165 e. The Balaban J connectivity index is 4.36. The average molecular weight is 237 g/mol. The van der Waals surface area contributed by atoms with Crippen LogP contribution < -0.4 is 5.73 Å². The molecule has 7 N–H and O–H groups in total. The van der Waals surface area contributed by atoms with Crippen LogP contribution in [0.15, 0.2) is 0 Å². The van der Waals surface area contributed by atoms with Crippen molar-refractivity contribution in [2.45, 2.75) is 43.8 Å². The molecule has 96 valence electrons. The molecule has 0 spiro atoms. The minimum Gasteiger partial charge on any atom is -0.394 e. The van der Waals surface area contributed by atoms with E-state index in [0.29, 0.717) is 0 Å².